The maximum absolute atomic E-state index is 5.93. The largest absolute Gasteiger partial charge is 0.487 e. The van der Waals surface area contributed by atoms with E-state index in [4.69, 9.17) is 16.3 Å². The Morgan fingerprint density at radius 2 is 1.79 bits per heavy atom. The molecule has 0 fully saturated rings. The normalized spacial score (nSPS) is 10.5. The zero-order valence-electron chi connectivity index (χ0n) is 11.5. The van der Waals surface area contributed by atoms with Crippen LogP contribution in [0.4, 0.5) is 0 Å². The van der Waals surface area contributed by atoms with Crippen molar-refractivity contribution in [2.45, 2.75) is 33.3 Å². The van der Waals surface area contributed by atoms with E-state index >= 15 is 0 Å². The number of pyridine rings is 1. The molecular formula is C16H18ClNO. The first-order valence-corrected chi connectivity index (χ1v) is 6.84. The lowest BCUT2D eigenvalue weighted by Crippen LogP contribution is -2.03. The maximum atomic E-state index is 5.93. The Kier molecular flexibility index (Phi) is 4.43. The monoisotopic (exact) mass is 275 g/mol. The van der Waals surface area contributed by atoms with E-state index in [1.807, 2.05) is 32.9 Å². The van der Waals surface area contributed by atoms with Crippen LogP contribution in [0.2, 0.25) is 0 Å². The van der Waals surface area contributed by atoms with Gasteiger partial charge in [-0.1, -0.05) is 18.2 Å². The fraction of sp³-hybridized carbons (Fsp3) is 0.312. The molecule has 0 atom stereocenters. The number of aromatic nitrogens is 1. The molecule has 0 unspecified atom stereocenters. The van der Waals surface area contributed by atoms with E-state index in [0.717, 1.165) is 33.7 Å². The molecule has 2 rings (SSSR count). The SMILES string of the molecule is Cc1cccnc1COc1c(C)cc(CCl)cc1C. The van der Waals surface area contributed by atoms with Crippen LogP contribution in [0.15, 0.2) is 30.5 Å². The molecule has 100 valence electrons. The summed E-state index contributed by atoms with van der Waals surface area (Å²) in [4.78, 5) is 4.34. The second-order valence-corrected chi connectivity index (χ2v) is 5.02. The van der Waals surface area contributed by atoms with Gasteiger partial charge in [0.15, 0.2) is 0 Å². The lowest BCUT2D eigenvalue weighted by Gasteiger charge is -2.14. The average Bonchev–Trinajstić information content (AvgIpc) is 2.39. The van der Waals surface area contributed by atoms with Crippen LogP contribution >= 0.6 is 11.6 Å². The molecule has 19 heavy (non-hydrogen) atoms. The average molecular weight is 276 g/mol. The Hall–Kier alpha value is -1.54. The van der Waals surface area contributed by atoms with Crippen LogP contribution < -0.4 is 4.74 Å². The molecule has 0 aliphatic heterocycles. The van der Waals surface area contributed by atoms with Crippen molar-refractivity contribution in [1.29, 1.82) is 0 Å². The Bertz CT molecular complexity index is 558. The van der Waals surface area contributed by atoms with E-state index < -0.39 is 0 Å². The zero-order chi connectivity index (χ0) is 13.8. The highest BCUT2D eigenvalue weighted by atomic mass is 35.5. The molecule has 1 aromatic heterocycles. The van der Waals surface area contributed by atoms with Crippen LogP contribution in [0, 0.1) is 20.8 Å². The van der Waals surface area contributed by atoms with Gasteiger partial charge in [0.25, 0.3) is 0 Å². The summed E-state index contributed by atoms with van der Waals surface area (Å²) in [5.74, 6) is 1.46. The van der Waals surface area contributed by atoms with E-state index in [0.29, 0.717) is 12.5 Å². The number of rotatable bonds is 4. The van der Waals surface area contributed by atoms with Crippen molar-refractivity contribution >= 4 is 11.6 Å². The third-order valence-corrected chi connectivity index (χ3v) is 3.45. The molecular weight excluding hydrogens is 258 g/mol. The molecule has 0 radical (unpaired) electrons. The van der Waals surface area contributed by atoms with Crippen LogP contribution in [0.25, 0.3) is 0 Å². The highest BCUT2D eigenvalue weighted by Crippen LogP contribution is 2.26. The van der Waals surface area contributed by atoms with Gasteiger partial charge in [-0.25, -0.2) is 0 Å². The molecule has 0 N–H and O–H groups in total. The van der Waals surface area contributed by atoms with Crippen LogP contribution in [0.3, 0.4) is 0 Å². The van der Waals surface area contributed by atoms with E-state index in [-0.39, 0.29) is 0 Å². The molecule has 1 aromatic carbocycles. The lowest BCUT2D eigenvalue weighted by atomic mass is 10.1. The van der Waals surface area contributed by atoms with Gasteiger partial charge in [-0.05, 0) is 49.1 Å². The number of hydrogen-bond donors (Lipinski definition) is 0. The molecule has 0 aliphatic rings. The summed E-state index contributed by atoms with van der Waals surface area (Å²) < 4.78 is 5.93. The van der Waals surface area contributed by atoms with E-state index in [9.17, 15) is 0 Å². The second kappa shape index (κ2) is 6.07. The van der Waals surface area contributed by atoms with E-state index in [1.54, 1.807) is 6.20 Å². The van der Waals surface area contributed by atoms with Crippen LogP contribution in [-0.2, 0) is 12.5 Å². The van der Waals surface area contributed by atoms with Gasteiger partial charge in [0.2, 0.25) is 0 Å². The minimum Gasteiger partial charge on any atom is -0.487 e. The van der Waals surface area contributed by atoms with Crippen molar-refractivity contribution in [3.63, 3.8) is 0 Å². The zero-order valence-corrected chi connectivity index (χ0v) is 12.3. The van der Waals surface area contributed by atoms with Crippen LogP contribution in [-0.4, -0.2) is 4.98 Å². The van der Waals surface area contributed by atoms with Gasteiger partial charge in [-0.3, -0.25) is 4.98 Å². The maximum Gasteiger partial charge on any atom is 0.130 e. The minimum absolute atomic E-state index is 0.495. The number of aryl methyl sites for hydroxylation is 3. The van der Waals surface area contributed by atoms with Crippen molar-refractivity contribution < 1.29 is 4.74 Å². The topological polar surface area (TPSA) is 22.1 Å². The van der Waals surface area contributed by atoms with Crippen LogP contribution in [0.1, 0.15) is 27.9 Å². The summed E-state index contributed by atoms with van der Waals surface area (Å²) in [5, 5.41) is 0. The number of nitrogens with zero attached hydrogens (tertiary/aromatic N) is 1. The highest BCUT2D eigenvalue weighted by molar-refractivity contribution is 6.17. The third kappa shape index (κ3) is 3.27. The van der Waals surface area contributed by atoms with Gasteiger partial charge < -0.3 is 4.74 Å². The van der Waals surface area contributed by atoms with Crippen molar-refractivity contribution in [3.8, 4) is 5.75 Å². The summed E-state index contributed by atoms with van der Waals surface area (Å²) in [6.07, 6.45) is 1.79. The predicted octanol–water partition coefficient (Wildman–Crippen LogP) is 4.32. The van der Waals surface area contributed by atoms with Crippen molar-refractivity contribution in [2.24, 2.45) is 0 Å². The fourth-order valence-electron chi connectivity index (χ4n) is 2.15. The molecule has 2 aromatic rings. The molecule has 0 bridgehead atoms. The summed E-state index contributed by atoms with van der Waals surface area (Å²) in [6.45, 7) is 6.63. The second-order valence-electron chi connectivity index (χ2n) is 4.75. The Labute approximate surface area is 119 Å². The van der Waals surface area contributed by atoms with Gasteiger partial charge in [0.05, 0.1) is 5.69 Å². The minimum atomic E-state index is 0.495. The first-order chi connectivity index (χ1) is 9.11. The quantitative estimate of drug-likeness (QED) is 0.775. The van der Waals surface area contributed by atoms with Gasteiger partial charge in [-0.2, -0.15) is 0 Å². The highest BCUT2D eigenvalue weighted by Gasteiger charge is 2.07. The Balaban J connectivity index is 2.18. The Morgan fingerprint density at radius 3 is 2.37 bits per heavy atom. The molecule has 0 amide bonds. The van der Waals surface area contributed by atoms with Gasteiger partial charge in [0.1, 0.15) is 12.4 Å². The molecule has 0 saturated heterocycles. The van der Waals surface area contributed by atoms with Crippen molar-refractivity contribution in [3.05, 3.63) is 58.4 Å². The number of halogens is 1. The van der Waals surface area contributed by atoms with E-state index in [2.05, 4.69) is 17.1 Å². The smallest absolute Gasteiger partial charge is 0.130 e. The lowest BCUT2D eigenvalue weighted by molar-refractivity contribution is 0.296. The molecule has 0 saturated carbocycles. The summed E-state index contributed by atoms with van der Waals surface area (Å²) in [7, 11) is 0. The first kappa shape index (κ1) is 13.9. The predicted molar refractivity (Wildman–Crippen MR) is 78.8 cm³/mol. The Morgan fingerprint density at radius 1 is 1.11 bits per heavy atom. The third-order valence-electron chi connectivity index (χ3n) is 3.15. The summed E-state index contributed by atoms with van der Waals surface area (Å²) in [5.41, 5.74) is 5.48. The molecule has 3 heteroatoms. The molecule has 0 aliphatic carbocycles. The number of ether oxygens (including phenoxy) is 1. The van der Waals surface area contributed by atoms with E-state index in [1.165, 1.54) is 0 Å². The van der Waals surface area contributed by atoms with Gasteiger partial charge >= 0.3 is 0 Å². The van der Waals surface area contributed by atoms with Crippen molar-refractivity contribution in [2.75, 3.05) is 0 Å². The van der Waals surface area contributed by atoms with Gasteiger partial charge in [-0.15, -0.1) is 11.6 Å². The van der Waals surface area contributed by atoms with Gasteiger partial charge in [0, 0.05) is 12.1 Å². The molecule has 0 spiro atoms. The molecule has 1 heterocycles. The number of alkyl halides is 1. The number of benzene rings is 1. The molecule has 2 nitrogen and oxygen atoms in total. The standard InChI is InChI=1S/C16H18ClNO/c1-11-5-4-6-18-15(11)10-19-16-12(2)7-14(9-17)8-13(16)3/h4-8H,9-10H2,1-3H3. The van der Waals surface area contributed by atoms with Crippen LogP contribution in [0.5, 0.6) is 5.75 Å². The van der Waals surface area contributed by atoms with Crippen molar-refractivity contribution in [1.82, 2.24) is 4.98 Å². The first-order valence-electron chi connectivity index (χ1n) is 6.31. The fourth-order valence-corrected chi connectivity index (χ4v) is 2.31. The summed E-state index contributed by atoms with van der Waals surface area (Å²) in [6, 6.07) is 8.12. The number of hydrogen-bond acceptors (Lipinski definition) is 2. The summed E-state index contributed by atoms with van der Waals surface area (Å²) >= 11 is 5.87.